The molecule has 0 spiro atoms. The number of rotatable bonds is 6. The van der Waals surface area contributed by atoms with Gasteiger partial charge in [0, 0.05) is 19.6 Å². The molecular formula is C18H29NO2. The van der Waals surface area contributed by atoms with Crippen LogP contribution in [-0.2, 0) is 11.3 Å². The molecule has 0 saturated carbocycles. The number of hydrogen-bond acceptors (Lipinski definition) is 3. The van der Waals surface area contributed by atoms with E-state index >= 15 is 0 Å². The molecule has 1 aromatic rings. The highest BCUT2D eigenvalue weighted by molar-refractivity contribution is 5.20. The Morgan fingerprint density at radius 1 is 1.19 bits per heavy atom. The van der Waals surface area contributed by atoms with E-state index in [1.165, 1.54) is 12.0 Å². The molecule has 0 radical (unpaired) electrons. The SMILES string of the molecule is Cc1ccc(COC[C@H](O)CN2C[C@H](C)C[C@@H](C)C2)cc1. The maximum absolute atomic E-state index is 10.1. The minimum atomic E-state index is -0.395. The van der Waals surface area contributed by atoms with Crippen molar-refractivity contribution >= 4 is 0 Å². The highest BCUT2D eigenvalue weighted by atomic mass is 16.5. The third-order valence-electron chi connectivity index (χ3n) is 4.11. The van der Waals surface area contributed by atoms with E-state index in [1.54, 1.807) is 0 Å². The highest BCUT2D eigenvalue weighted by Crippen LogP contribution is 2.20. The smallest absolute Gasteiger partial charge is 0.0900 e. The molecule has 1 N–H and O–H groups in total. The van der Waals surface area contributed by atoms with Gasteiger partial charge in [0.25, 0.3) is 0 Å². The number of piperidine rings is 1. The number of benzene rings is 1. The maximum atomic E-state index is 10.1. The first-order valence-corrected chi connectivity index (χ1v) is 8.06. The third-order valence-corrected chi connectivity index (χ3v) is 4.11. The zero-order valence-corrected chi connectivity index (χ0v) is 13.6. The Hall–Kier alpha value is -0.900. The third kappa shape index (κ3) is 5.77. The van der Waals surface area contributed by atoms with Crippen LogP contribution in [0.5, 0.6) is 0 Å². The maximum Gasteiger partial charge on any atom is 0.0900 e. The molecule has 118 valence electrons. The Morgan fingerprint density at radius 2 is 1.81 bits per heavy atom. The van der Waals surface area contributed by atoms with Gasteiger partial charge < -0.3 is 14.7 Å². The fraction of sp³-hybridized carbons (Fsp3) is 0.667. The van der Waals surface area contributed by atoms with E-state index in [2.05, 4.69) is 49.9 Å². The molecule has 1 aliphatic rings. The second-order valence-electron chi connectivity index (χ2n) is 6.82. The van der Waals surface area contributed by atoms with Crippen molar-refractivity contribution in [3.05, 3.63) is 35.4 Å². The van der Waals surface area contributed by atoms with Crippen molar-refractivity contribution in [2.75, 3.05) is 26.2 Å². The number of hydrogen-bond donors (Lipinski definition) is 1. The van der Waals surface area contributed by atoms with Crippen LogP contribution in [0.2, 0.25) is 0 Å². The van der Waals surface area contributed by atoms with Gasteiger partial charge in [0.05, 0.1) is 19.3 Å². The predicted molar refractivity (Wildman–Crippen MR) is 86.2 cm³/mol. The zero-order valence-electron chi connectivity index (χ0n) is 13.6. The lowest BCUT2D eigenvalue weighted by atomic mass is 9.92. The standard InChI is InChI=1S/C18H29NO2/c1-14-4-6-17(7-5-14)12-21-13-18(20)11-19-9-15(2)8-16(3)10-19/h4-7,15-16,18,20H,8-13H2,1-3H3/t15-,16-,18-/m1/s1. The van der Waals surface area contributed by atoms with E-state index in [1.807, 2.05) is 0 Å². The van der Waals surface area contributed by atoms with Crippen LogP contribution in [-0.4, -0.2) is 42.4 Å². The van der Waals surface area contributed by atoms with Gasteiger partial charge in [-0.3, -0.25) is 0 Å². The zero-order chi connectivity index (χ0) is 15.2. The molecule has 1 fully saturated rings. The molecular weight excluding hydrogens is 262 g/mol. The van der Waals surface area contributed by atoms with Gasteiger partial charge in [-0.25, -0.2) is 0 Å². The van der Waals surface area contributed by atoms with Crippen molar-refractivity contribution in [2.45, 2.75) is 39.9 Å². The van der Waals surface area contributed by atoms with E-state index in [9.17, 15) is 5.11 Å². The monoisotopic (exact) mass is 291 g/mol. The van der Waals surface area contributed by atoms with E-state index in [-0.39, 0.29) is 0 Å². The number of aliphatic hydroxyl groups excluding tert-OH is 1. The van der Waals surface area contributed by atoms with Crippen molar-refractivity contribution < 1.29 is 9.84 Å². The molecule has 0 amide bonds. The summed E-state index contributed by atoms with van der Waals surface area (Å²) in [7, 11) is 0. The Labute approximate surface area is 128 Å². The Bertz CT molecular complexity index is 408. The van der Waals surface area contributed by atoms with Crippen LogP contribution in [0.1, 0.15) is 31.4 Å². The molecule has 0 aliphatic carbocycles. The number of aryl methyl sites for hydroxylation is 1. The summed E-state index contributed by atoms with van der Waals surface area (Å²) in [6.07, 6.45) is 0.907. The summed E-state index contributed by atoms with van der Waals surface area (Å²) in [4.78, 5) is 2.37. The summed E-state index contributed by atoms with van der Waals surface area (Å²) in [5.41, 5.74) is 2.42. The van der Waals surface area contributed by atoms with Gasteiger partial charge in [-0.05, 0) is 30.7 Å². The number of nitrogens with zero attached hydrogens (tertiary/aromatic N) is 1. The molecule has 1 aliphatic heterocycles. The van der Waals surface area contributed by atoms with Gasteiger partial charge in [0.2, 0.25) is 0 Å². The second kappa shape index (κ2) is 7.92. The number of aliphatic hydroxyl groups is 1. The van der Waals surface area contributed by atoms with Crippen LogP contribution in [0.15, 0.2) is 24.3 Å². The van der Waals surface area contributed by atoms with Crippen molar-refractivity contribution in [1.82, 2.24) is 4.90 Å². The van der Waals surface area contributed by atoms with Gasteiger partial charge in [0.15, 0.2) is 0 Å². The molecule has 1 saturated heterocycles. The van der Waals surface area contributed by atoms with Crippen LogP contribution in [0, 0.1) is 18.8 Å². The Morgan fingerprint density at radius 3 is 2.43 bits per heavy atom. The molecule has 2 rings (SSSR count). The molecule has 0 unspecified atom stereocenters. The Kier molecular flexibility index (Phi) is 6.22. The first kappa shape index (κ1) is 16.5. The van der Waals surface area contributed by atoms with E-state index < -0.39 is 6.10 Å². The summed E-state index contributed by atoms with van der Waals surface area (Å²) in [6.45, 7) is 10.6. The molecule has 3 atom stereocenters. The van der Waals surface area contributed by atoms with E-state index in [0.29, 0.717) is 13.2 Å². The molecule has 3 heteroatoms. The summed E-state index contributed by atoms with van der Waals surface area (Å²) in [5, 5.41) is 10.1. The Balaban J connectivity index is 1.67. The van der Waals surface area contributed by atoms with Crippen LogP contribution < -0.4 is 0 Å². The largest absolute Gasteiger partial charge is 0.389 e. The second-order valence-corrected chi connectivity index (χ2v) is 6.82. The van der Waals surface area contributed by atoms with Crippen molar-refractivity contribution in [3.63, 3.8) is 0 Å². The summed E-state index contributed by atoms with van der Waals surface area (Å²) >= 11 is 0. The first-order chi connectivity index (χ1) is 10.0. The van der Waals surface area contributed by atoms with Crippen molar-refractivity contribution in [1.29, 1.82) is 0 Å². The topological polar surface area (TPSA) is 32.7 Å². The lowest BCUT2D eigenvalue weighted by Crippen LogP contribution is -2.43. The summed E-state index contributed by atoms with van der Waals surface area (Å²) in [6, 6.07) is 8.34. The van der Waals surface area contributed by atoms with Gasteiger partial charge >= 0.3 is 0 Å². The summed E-state index contributed by atoms with van der Waals surface area (Å²) in [5.74, 6) is 1.46. The first-order valence-electron chi connectivity index (χ1n) is 8.06. The van der Waals surface area contributed by atoms with E-state index in [4.69, 9.17) is 4.74 Å². The fourth-order valence-electron chi connectivity index (χ4n) is 3.29. The number of likely N-dealkylation sites (tertiary alicyclic amines) is 1. The summed E-state index contributed by atoms with van der Waals surface area (Å²) < 4.78 is 5.64. The quantitative estimate of drug-likeness (QED) is 0.875. The average molecular weight is 291 g/mol. The minimum Gasteiger partial charge on any atom is -0.389 e. The normalized spacial score (nSPS) is 25.0. The molecule has 0 aromatic heterocycles. The number of ether oxygens (including phenoxy) is 1. The fourth-order valence-corrected chi connectivity index (χ4v) is 3.29. The lowest BCUT2D eigenvalue weighted by molar-refractivity contribution is -0.000895. The highest BCUT2D eigenvalue weighted by Gasteiger charge is 2.23. The van der Waals surface area contributed by atoms with E-state index in [0.717, 1.165) is 37.0 Å². The predicted octanol–water partition coefficient (Wildman–Crippen LogP) is 2.85. The number of β-amino-alcohol motifs (C(OH)–C–C–N with tert-alkyl or cyclic N) is 1. The minimum absolute atomic E-state index is 0.395. The van der Waals surface area contributed by atoms with Gasteiger partial charge in [-0.1, -0.05) is 43.7 Å². The van der Waals surface area contributed by atoms with Crippen molar-refractivity contribution in [3.8, 4) is 0 Å². The van der Waals surface area contributed by atoms with Crippen LogP contribution in [0.25, 0.3) is 0 Å². The molecule has 0 bridgehead atoms. The molecule has 1 aromatic carbocycles. The average Bonchev–Trinajstić information content (AvgIpc) is 2.39. The lowest BCUT2D eigenvalue weighted by Gasteiger charge is -2.35. The molecule has 21 heavy (non-hydrogen) atoms. The van der Waals surface area contributed by atoms with Gasteiger partial charge in [-0.2, -0.15) is 0 Å². The van der Waals surface area contributed by atoms with Crippen LogP contribution in [0.3, 0.4) is 0 Å². The van der Waals surface area contributed by atoms with Crippen LogP contribution >= 0.6 is 0 Å². The molecule has 3 nitrogen and oxygen atoms in total. The van der Waals surface area contributed by atoms with Crippen LogP contribution in [0.4, 0.5) is 0 Å². The van der Waals surface area contributed by atoms with Gasteiger partial charge in [0.1, 0.15) is 0 Å². The molecule has 1 heterocycles. The van der Waals surface area contributed by atoms with Crippen molar-refractivity contribution in [2.24, 2.45) is 11.8 Å². The van der Waals surface area contributed by atoms with Gasteiger partial charge in [-0.15, -0.1) is 0 Å².